The third kappa shape index (κ3) is 3.07. The second-order valence-electron chi connectivity index (χ2n) is 7.86. The minimum atomic E-state index is -4.50. The number of hydrogen-bond donors (Lipinski definition) is 2. The molecule has 0 bridgehead atoms. The van der Waals surface area contributed by atoms with Crippen molar-refractivity contribution in [3.05, 3.63) is 41.2 Å². The van der Waals surface area contributed by atoms with Crippen LogP contribution in [-0.2, 0) is 28.7 Å². The number of alkyl halides is 3. The predicted octanol–water partition coefficient (Wildman–Crippen LogP) is 1.98. The topological polar surface area (TPSA) is 96.5 Å². The molecule has 0 aromatic carbocycles. The maximum Gasteiger partial charge on any atom is 0.417 e. The molecule has 2 heterocycles. The molecule has 4 atom stereocenters. The fourth-order valence-electron chi connectivity index (χ4n) is 4.50. The van der Waals surface area contributed by atoms with E-state index in [1.807, 2.05) is 0 Å². The number of carboxylic acid groups (broad SMARTS) is 1. The molecule has 1 fully saturated rings. The first-order valence-corrected chi connectivity index (χ1v) is 9.14. The Morgan fingerprint density at radius 3 is 2.68 bits per heavy atom. The number of carbonyl (C=O) groups is 2. The van der Waals surface area contributed by atoms with E-state index in [0.29, 0.717) is 37.1 Å². The summed E-state index contributed by atoms with van der Waals surface area (Å²) in [6.07, 6.45) is 0.839. The van der Waals surface area contributed by atoms with Gasteiger partial charge in [-0.25, -0.2) is 0 Å². The van der Waals surface area contributed by atoms with E-state index in [4.69, 9.17) is 5.73 Å². The normalized spacial score (nSPS) is 31.6. The molecule has 2 aliphatic carbocycles. The van der Waals surface area contributed by atoms with Crippen molar-refractivity contribution in [1.29, 1.82) is 0 Å². The smallest absolute Gasteiger partial charge is 0.417 e. The number of aromatic nitrogens is 1. The molecule has 0 spiro atoms. The quantitative estimate of drug-likeness (QED) is 0.763. The molecule has 28 heavy (non-hydrogen) atoms. The van der Waals surface area contributed by atoms with Gasteiger partial charge in [-0.2, -0.15) is 13.2 Å². The molecule has 3 N–H and O–H groups in total. The number of pyridine rings is 1. The fraction of sp³-hybridized carbons (Fsp3) is 0.526. The van der Waals surface area contributed by atoms with E-state index in [9.17, 15) is 27.9 Å². The van der Waals surface area contributed by atoms with Crippen LogP contribution in [0, 0.1) is 17.3 Å². The van der Waals surface area contributed by atoms with Crippen LogP contribution in [0.1, 0.15) is 29.7 Å². The first kappa shape index (κ1) is 18.9. The number of hydrogen-bond acceptors (Lipinski definition) is 4. The minimum absolute atomic E-state index is 0.0281. The maximum absolute atomic E-state index is 13.4. The predicted molar refractivity (Wildman–Crippen MR) is 91.8 cm³/mol. The van der Waals surface area contributed by atoms with Gasteiger partial charge in [0.25, 0.3) is 0 Å². The standard InChI is InChI=1S/C19H20F3N3O3/c20-19(21,22)11-5-10-9-25(4-2-15(10)24-8-11)17(28)18(3-1-12(23)7-18)14-6-13(14)16(26)27/h1,3,5,8,12-14H,2,4,6-7,9,23H2,(H,26,27)/t12-,13?,14?,18+/m1/s1. The Labute approximate surface area is 159 Å². The molecule has 1 saturated carbocycles. The van der Waals surface area contributed by atoms with Crippen LogP contribution in [0.3, 0.4) is 0 Å². The van der Waals surface area contributed by atoms with Crippen molar-refractivity contribution in [2.75, 3.05) is 6.54 Å². The Morgan fingerprint density at radius 1 is 1.36 bits per heavy atom. The van der Waals surface area contributed by atoms with Gasteiger partial charge in [-0.15, -0.1) is 0 Å². The molecule has 1 aromatic rings. The van der Waals surface area contributed by atoms with E-state index < -0.39 is 29.0 Å². The highest BCUT2D eigenvalue weighted by atomic mass is 19.4. The Hall–Kier alpha value is -2.42. The average Bonchev–Trinajstić information content (AvgIpc) is 3.36. The molecule has 1 aromatic heterocycles. The summed E-state index contributed by atoms with van der Waals surface area (Å²) in [5.74, 6) is -2.11. The van der Waals surface area contributed by atoms with Crippen molar-refractivity contribution >= 4 is 11.9 Å². The first-order chi connectivity index (χ1) is 13.1. The monoisotopic (exact) mass is 395 g/mol. The molecule has 9 heteroatoms. The Morgan fingerprint density at radius 2 is 2.11 bits per heavy atom. The van der Waals surface area contributed by atoms with E-state index in [-0.39, 0.29) is 24.4 Å². The number of carboxylic acids is 1. The molecular weight excluding hydrogens is 375 g/mol. The Kier molecular flexibility index (Phi) is 4.26. The lowest BCUT2D eigenvalue weighted by molar-refractivity contribution is -0.143. The van der Waals surface area contributed by atoms with E-state index in [1.54, 1.807) is 12.2 Å². The lowest BCUT2D eigenvalue weighted by atomic mass is 9.78. The lowest BCUT2D eigenvalue weighted by Gasteiger charge is -2.37. The Bertz CT molecular complexity index is 870. The summed E-state index contributed by atoms with van der Waals surface area (Å²) in [4.78, 5) is 30.2. The zero-order chi connectivity index (χ0) is 20.3. The van der Waals surface area contributed by atoms with Crippen molar-refractivity contribution in [3.63, 3.8) is 0 Å². The molecule has 150 valence electrons. The number of carbonyl (C=O) groups excluding carboxylic acids is 1. The zero-order valence-electron chi connectivity index (χ0n) is 14.9. The molecule has 4 rings (SSSR count). The summed E-state index contributed by atoms with van der Waals surface area (Å²) < 4.78 is 39.0. The number of amides is 1. The highest BCUT2D eigenvalue weighted by Crippen LogP contribution is 2.57. The lowest BCUT2D eigenvalue weighted by Crippen LogP contribution is -2.47. The van der Waals surface area contributed by atoms with Gasteiger partial charge in [0.1, 0.15) is 0 Å². The van der Waals surface area contributed by atoms with Crippen LogP contribution in [0.5, 0.6) is 0 Å². The minimum Gasteiger partial charge on any atom is -0.481 e. The molecule has 1 aliphatic heterocycles. The van der Waals surface area contributed by atoms with E-state index in [1.165, 1.54) is 4.90 Å². The van der Waals surface area contributed by atoms with Crippen LogP contribution in [0.25, 0.3) is 0 Å². The van der Waals surface area contributed by atoms with Crippen molar-refractivity contribution < 1.29 is 27.9 Å². The van der Waals surface area contributed by atoms with Gasteiger partial charge in [0.05, 0.1) is 16.9 Å². The van der Waals surface area contributed by atoms with Gasteiger partial charge in [-0.1, -0.05) is 12.2 Å². The van der Waals surface area contributed by atoms with Gasteiger partial charge in [0, 0.05) is 37.4 Å². The summed E-state index contributed by atoms with van der Waals surface area (Å²) in [5.41, 5.74) is 5.07. The van der Waals surface area contributed by atoms with Gasteiger partial charge >= 0.3 is 12.1 Å². The fourth-order valence-corrected chi connectivity index (χ4v) is 4.50. The van der Waals surface area contributed by atoms with E-state index in [2.05, 4.69) is 4.98 Å². The third-order valence-electron chi connectivity index (χ3n) is 6.04. The molecule has 3 aliphatic rings. The SMILES string of the molecule is N[C@@H]1C=C[C@@](C(=O)N2CCc3ncc(C(F)(F)F)cc3C2)(C2CC2C(=O)O)C1. The van der Waals surface area contributed by atoms with Crippen molar-refractivity contribution in [2.24, 2.45) is 23.0 Å². The average molecular weight is 395 g/mol. The largest absolute Gasteiger partial charge is 0.481 e. The van der Waals surface area contributed by atoms with Crippen molar-refractivity contribution in [1.82, 2.24) is 9.88 Å². The number of aliphatic carboxylic acids is 1. The maximum atomic E-state index is 13.4. The second-order valence-corrected chi connectivity index (χ2v) is 7.86. The highest BCUT2D eigenvalue weighted by Gasteiger charge is 2.61. The molecule has 6 nitrogen and oxygen atoms in total. The van der Waals surface area contributed by atoms with Crippen LogP contribution >= 0.6 is 0 Å². The van der Waals surface area contributed by atoms with Crippen LogP contribution in [0.2, 0.25) is 0 Å². The molecule has 1 amide bonds. The van der Waals surface area contributed by atoms with Gasteiger partial charge in [0.15, 0.2) is 0 Å². The number of halogens is 3. The zero-order valence-corrected chi connectivity index (χ0v) is 14.9. The van der Waals surface area contributed by atoms with Crippen molar-refractivity contribution in [2.45, 2.75) is 38.0 Å². The van der Waals surface area contributed by atoms with Crippen molar-refractivity contribution in [3.8, 4) is 0 Å². The summed E-state index contributed by atoms with van der Waals surface area (Å²) in [7, 11) is 0. The summed E-state index contributed by atoms with van der Waals surface area (Å²) in [6.45, 7) is 0.361. The molecule has 2 unspecified atom stereocenters. The molecule has 0 saturated heterocycles. The highest BCUT2D eigenvalue weighted by molar-refractivity contribution is 5.88. The van der Waals surface area contributed by atoms with Crippen LogP contribution in [0.15, 0.2) is 24.4 Å². The number of fused-ring (bicyclic) bond motifs is 1. The second kappa shape index (κ2) is 6.30. The number of nitrogens with two attached hydrogens (primary N) is 1. The first-order valence-electron chi connectivity index (χ1n) is 9.14. The number of nitrogens with zero attached hydrogens (tertiary/aromatic N) is 2. The molecule has 0 radical (unpaired) electrons. The van der Waals surface area contributed by atoms with Crippen LogP contribution in [0.4, 0.5) is 13.2 Å². The van der Waals surface area contributed by atoms with Crippen LogP contribution in [-0.4, -0.2) is 39.5 Å². The van der Waals surface area contributed by atoms with E-state index in [0.717, 1.165) is 12.3 Å². The summed E-state index contributed by atoms with van der Waals surface area (Å²) >= 11 is 0. The number of rotatable bonds is 3. The third-order valence-corrected chi connectivity index (χ3v) is 6.04. The van der Waals surface area contributed by atoms with Gasteiger partial charge in [-0.3, -0.25) is 14.6 Å². The summed E-state index contributed by atoms with van der Waals surface area (Å²) in [6, 6.07) is 0.705. The molecular formula is C19H20F3N3O3. The van der Waals surface area contributed by atoms with Gasteiger partial charge < -0.3 is 15.7 Å². The Balaban J connectivity index is 1.60. The van der Waals surface area contributed by atoms with Gasteiger partial charge in [0.2, 0.25) is 5.91 Å². The van der Waals surface area contributed by atoms with E-state index >= 15 is 0 Å². The van der Waals surface area contributed by atoms with Crippen LogP contribution < -0.4 is 5.73 Å². The van der Waals surface area contributed by atoms with Gasteiger partial charge in [-0.05, 0) is 30.4 Å². The summed E-state index contributed by atoms with van der Waals surface area (Å²) in [5, 5.41) is 9.30.